The van der Waals surface area contributed by atoms with Crippen molar-refractivity contribution in [2.24, 2.45) is 0 Å². The van der Waals surface area contributed by atoms with Gasteiger partial charge in [0.05, 0.1) is 23.8 Å². The summed E-state index contributed by atoms with van der Waals surface area (Å²) in [5.41, 5.74) is 7.46. The molecule has 0 radical (unpaired) electrons. The predicted octanol–water partition coefficient (Wildman–Crippen LogP) is 5.86. The van der Waals surface area contributed by atoms with Crippen molar-refractivity contribution in [2.75, 3.05) is 58.0 Å². The number of amides is 1. The zero-order chi connectivity index (χ0) is 32.8. The Labute approximate surface area is 284 Å². The average Bonchev–Trinajstić information content (AvgIpc) is 3.75. The van der Waals surface area contributed by atoms with Gasteiger partial charge >= 0.3 is 0 Å². The number of carbonyl (C=O) groups excluding carboxylic acids is 1. The highest BCUT2D eigenvalue weighted by Gasteiger charge is 2.27. The van der Waals surface area contributed by atoms with Gasteiger partial charge < -0.3 is 20.3 Å². The quantitative estimate of drug-likeness (QED) is 0.173. The molecule has 4 aromatic rings. The molecule has 0 spiro atoms. The van der Waals surface area contributed by atoms with Crippen LogP contribution in [0.3, 0.4) is 0 Å². The van der Waals surface area contributed by atoms with Crippen molar-refractivity contribution in [3.63, 3.8) is 0 Å². The van der Waals surface area contributed by atoms with Crippen LogP contribution in [0.1, 0.15) is 40.9 Å². The first kappa shape index (κ1) is 33.2. The first-order valence-electron chi connectivity index (χ1n) is 16.4. The Bertz CT molecular complexity index is 1720. The molecule has 1 unspecified atom stereocenters. The molecule has 2 aliphatic rings. The van der Waals surface area contributed by atoms with Gasteiger partial charge in [0.15, 0.2) is 0 Å². The average molecular weight is 675 g/mol. The van der Waals surface area contributed by atoms with Crippen LogP contribution in [-0.2, 0) is 30.5 Å². The van der Waals surface area contributed by atoms with Gasteiger partial charge in [-0.3, -0.25) is 9.48 Å². The lowest BCUT2D eigenvalue weighted by atomic mass is 9.97. The summed E-state index contributed by atoms with van der Waals surface area (Å²) < 4.78 is 21.9. The van der Waals surface area contributed by atoms with Crippen LogP contribution < -0.4 is 15.4 Å². The third-order valence-corrected chi connectivity index (χ3v) is 10.4. The van der Waals surface area contributed by atoms with Gasteiger partial charge in [-0.15, -0.1) is 0 Å². The second kappa shape index (κ2) is 15.5. The van der Waals surface area contributed by atoms with Crippen molar-refractivity contribution in [1.29, 1.82) is 0 Å². The minimum absolute atomic E-state index is 0.148. The summed E-state index contributed by atoms with van der Waals surface area (Å²) in [5, 5.41) is 12.1. The maximum atomic E-state index is 13.1. The molecule has 1 aromatic heterocycles. The van der Waals surface area contributed by atoms with Crippen molar-refractivity contribution in [3.8, 4) is 28.1 Å². The molecule has 47 heavy (non-hydrogen) atoms. The zero-order valence-electron chi connectivity index (χ0n) is 27.1. The smallest absolute Gasteiger partial charge is 0.251 e. The molecule has 0 bridgehead atoms. The van der Waals surface area contributed by atoms with E-state index in [2.05, 4.69) is 26.3 Å². The number of rotatable bonds is 13. The number of nitrogens with one attached hydrogen (secondary N) is 2. The number of hydrogen-bond donors (Lipinski definition) is 2. The summed E-state index contributed by atoms with van der Waals surface area (Å²) in [4.78, 5) is 15.6. The van der Waals surface area contributed by atoms with Gasteiger partial charge in [-0.1, -0.05) is 29.8 Å². The molecule has 3 aromatic carbocycles. The number of carbonyl (C=O) groups is 1. The van der Waals surface area contributed by atoms with Crippen LogP contribution in [0.25, 0.3) is 22.4 Å². The summed E-state index contributed by atoms with van der Waals surface area (Å²) in [6, 6.07) is 21.2. The Morgan fingerprint density at radius 1 is 0.979 bits per heavy atom. The topological polar surface area (TPSA) is 91.7 Å². The van der Waals surface area contributed by atoms with Crippen molar-refractivity contribution >= 4 is 34.2 Å². The van der Waals surface area contributed by atoms with E-state index in [0.29, 0.717) is 30.2 Å². The van der Waals surface area contributed by atoms with Gasteiger partial charge in [0, 0.05) is 84.1 Å². The van der Waals surface area contributed by atoms with Gasteiger partial charge in [0.2, 0.25) is 0 Å². The molecule has 1 atom stereocenters. The molecule has 1 amide bonds. The number of ether oxygens (including phenoxy) is 1. The third-order valence-electron chi connectivity index (χ3n) is 9.01. The van der Waals surface area contributed by atoms with Crippen molar-refractivity contribution in [2.45, 2.75) is 38.8 Å². The Kier molecular flexibility index (Phi) is 10.9. The number of halogens is 1. The summed E-state index contributed by atoms with van der Waals surface area (Å²) >= 11 is 6.78. The molecule has 6 rings (SSSR count). The molecule has 9 nitrogen and oxygen atoms in total. The van der Waals surface area contributed by atoms with E-state index in [1.54, 1.807) is 13.4 Å². The summed E-state index contributed by atoms with van der Waals surface area (Å²) in [5.74, 6) is 0.651. The summed E-state index contributed by atoms with van der Waals surface area (Å²) in [6.07, 6.45) is 6.20. The van der Waals surface area contributed by atoms with Gasteiger partial charge in [-0.25, -0.2) is 8.51 Å². The number of likely N-dealkylation sites (tertiary alicyclic amines) is 1. The number of fused-ring (bicyclic) bond motifs is 1. The van der Waals surface area contributed by atoms with Crippen LogP contribution in [-0.4, -0.2) is 81.7 Å². The van der Waals surface area contributed by atoms with E-state index in [-0.39, 0.29) is 5.91 Å². The van der Waals surface area contributed by atoms with E-state index in [9.17, 15) is 9.00 Å². The van der Waals surface area contributed by atoms with Gasteiger partial charge in [-0.2, -0.15) is 5.10 Å². The van der Waals surface area contributed by atoms with Gasteiger partial charge in [0.1, 0.15) is 5.75 Å². The standard InChI is InChI=1S/C36H43ClN6O3S/c1-46-30-12-10-29(11-13-30)38-16-17-39-36(44)28-8-5-7-26(23-28)31-24-27(9-14-33(31)37)35-32-25-42(47(2)45)22-15-34(32)43(40-35)21-6-20-41-18-3-4-19-41/h5,7-14,23-24,38H,3-4,6,15-22,25H2,1-2H3,(H,39,44). The first-order valence-corrected chi connectivity index (χ1v) is 18.2. The molecule has 2 N–H and O–H groups in total. The van der Waals surface area contributed by atoms with E-state index < -0.39 is 11.0 Å². The highest BCUT2D eigenvalue weighted by Crippen LogP contribution is 2.36. The minimum Gasteiger partial charge on any atom is -0.497 e. The molecule has 0 aliphatic carbocycles. The Hall–Kier alpha value is -3.70. The van der Waals surface area contributed by atoms with Gasteiger partial charge in [0.25, 0.3) is 5.91 Å². The van der Waals surface area contributed by atoms with E-state index >= 15 is 0 Å². The molecular formula is C36H43ClN6O3S. The number of anilines is 1. The lowest BCUT2D eigenvalue weighted by Crippen LogP contribution is -2.32. The number of nitrogens with zero attached hydrogens (tertiary/aromatic N) is 4. The maximum absolute atomic E-state index is 13.1. The molecule has 11 heteroatoms. The second-order valence-corrected chi connectivity index (χ2v) is 13.9. The van der Waals surface area contributed by atoms with E-state index in [0.717, 1.165) is 71.9 Å². The third kappa shape index (κ3) is 8.06. The van der Waals surface area contributed by atoms with E-state index in [1.807, 2.05) is 65.0 Å². The van der Waals surface area contributed by atoms with Gasteiger partial charge in [-0.05, 0) is 93.0 Å². The fourth-order valence-electron chi connectivity index (χ4n) is 6.47. The molecule has 1 saturated heterocycles. The molecule has 2 aliphatic heterocycles. The SMILES string of the molecule is COc1ccc(NCCNC(=O)c2cccc(-c3cc(-c4nn(CCCN5CCCC5)c5c4CN(S(C)=O)CC5)ccc3Cl)c2)cc1. The Morgan fingerprint density at radius 3 is 2.55 bits per heavy atom. The van der Waals surface area contributed by atoms with Crippen LogP contribution in [0, 0.1) is 0 Å². The molecular weight excluding hydrogens is 632 g/mol. The number of methoxy groups -OCH3 is 1. The van der Waals surface area contributed by atoms with Crippen molar-refractivity contribution < 1.29 is 13.7 Å². The summed E-state index contributed by atoms with van der Waals surface area (Å²) in [6.45, 7) is 6.74. The van der Waals surface area contributed by atoms with Crippen LogP contribution >= 0.6 is 11.6 Å². The van der Waals surface area contributed by atoms with E-state index in [4.69, 9.17) is 21.4 Å². The number of hydrogen-bond acceptors (Lipinski definition) is 6. The van der Waals surface area contributed by atoms with Crippen molar-refractivity contribution in [1.82, 2.24) is 24.3 Å². The maximum Gasteiger partial charge on any atom is 0.251 e. The lowest BCUT2D eigenvalue weighted by Gasteiger charge is -2.25. The van der Waals surface area contributed by atoms with Crippen LogP contribution in [0.4, 0.5) is 5.69 Å². The van der Waals surface area contributed by atoms with Crippen LogP contribution in [0.2, 0.25) is 5.02 Å². The fraction of sp³-hybridized carbons (Fsp3) is 0.389. The monoisotopic (exact) mass is 674 g/mol. The molecule has 0 saturated carbocycles. The second-order valence-electron chi connectivity index (χ2n) is 12.1. The van der Waals surface area contributed by atoms with E-state index in [1.165, 1.54) is 31.6 Å². The lowest BCUT2D eigenvalue weighted by molar-refractivity contribution is 0.0955. The molecule has 248 valence electrons. The Morgan fingerprint density at radius 2 is 1.79 bits per heavy atom. The summed E-state index contributed by atoms with van der Waals surface area (Å²) in [7, 11) is 0.581. The molecule has 3 heterocycles. The first-order chi connectivity index (χ1) is 22.9. The normalized spacial score (nSPS) is 15.7. The minimum atomic E-state index is -1.06. The highest BCUT2D eigenvalue weighted by atomic mass is 35.5. The predicted molar refractivity (Wildman–Crippen MR) is 190 cm³/mol. The molecule has 1 fully saturated rings. The largest absolute Gasteiger partial charge is 0.497 e. The Balaban J connectivity index is 1.18. The zero-order valence-corrected chi connectivity index (χ0v) is 28.7. The number of aromatic nitrogens is 2. The van der Waals surface area contributed by atoms with Crippen molar-refractivity contribution in [3.05, 3.63) is 88.6 Å². The number of benzene rings is 3. The fourth-order valence-corrected chi connectivity index (χ4v) is 7.35. The van der Waals surface area contributed by atoms with Crippen LogP contribution in [0.15, 0.2) is 66.7 Å². The highest BCUT2D eigenvalue weighted by molar-refractivity contribution is 7.81. The number of aryl methyl sites for hydroxylation is 1. The van der Waals surface area contributed by atoms with Crippen LogP contribution in [0.5, 0.6) is 5.75 Å².